The van der Waals surface area contributed by atoms with Crippen molar-refractivity contribution in [3.63, 3.8) is 0 Å². The van der Waals surface area contributed by atoms with Gasteiger partial charge in [-0.15, -0.1) is 0 Å². The van der Waals surface area contributed by atoms with Crippen LogP contribution in [0.3, 0.4) is 0 Å². The van der Waals surface area contributed by atoms with Crippen LogP contribution in [0, 0.1) is 0 Å². The molecule has 42 heavy (non-hydrogen) atoms. The average molecular weight is 563 g/mol. The Morgan fingerprint density at radius 1 is 0.976 bits per heavy atom. The maximum atomic E-state index is 12.6. The number of nitrogens with zero attached hydrogens (tertiary/aromatic N) is 5. The molecule has 2 aromatic carbocycles. The van der Waals surface area contributed by atoms with Gasteiger partial charge in [-0.25, -0.2) is 14.5 Å². The molecule has 10 nitrogen and oxygen atoms in total. The van der Waals surface area contributed by atoms with Crippen molar-refractivity contribution in [1.29, 1.82) is 0 Å². The Morgan fingerprint density at radius 3 is 2.60 bits per heavy atom. The maximum absolute atomic E-state index is 12.6. The van der Waals surface area contributed by atoms with Crippen molar-refractivity contribution in [2.24, 2.45) is 0 Å². The lowest BCUT2D eigenvalue weighted by molar-refractivity contribution is -0.140. The molecule has 3 aromatic heterocycles. The average Bonchev–Trinajstić information content (AvgIpc) is 3.42. The number of anilines is 1. The van der Waals surface area contributed by atoms with Crippen LogP contribution < -0.4 is 10.2 Å². The number of carbonyl (C=O) groups excluding carboxylic acids is 2. The zero-order chi connectivity index (χ0) is 28.9. The van der Waals surface area contributed by atoms with E-state index < -0.39 is 0 Å². The van der Waals surface area contributed by atoms with E-state index in [0.29, 0.717) is 18.8 Å². The number of rotatable bonds is 8. The molecule has 5 aromatic rings. The van der Waals surface area contributed by atoms with Crippen LogP contribution in [0.2, 0.25) is 0 Å². The molecule has 0 spiro atoms. The van der Waals surface area contributed by atoms with Crippen LogP contribution in [-0.4, -0.2) is 71.4 Å². The first kappa shape index (κ1) is 27.1. The minimum Gasteiger partial charge on any atom is -0.469 e. The third-order valence-electron chi connectivity index (χ3n) is 7.17. The third-order valence-corrected chi connectivity index (χ3v) is 7.17. The largest absolute Gasteiger partial charge is 0.469 e. The van der Waals surface area contributed by atoms with Crippen molar-refractivity contribution in [3.8, 4) is 11.3 Å². The highest BCUT2D eigenvalue weighted by Gasteiger charge is 2.21. The van der Waals surface area contributed by atoms with E-state index in [1.54, 1.807) is 18.3 Å². The van der Waals surface area contributed by atoms with Gasteiger partial charge in [0.25, 0.3) is 5.91 Å². The number of hydrogen-bond donors (Lipinski definition) is 1. The number of methoxy groups -OCH3 is 1. The van der Waals surface area contributed by atoms with Crippen molar-refractivity contribution >= 4 is 46.3 Å². The Morgan fingerprint density at radius 2 is 1.79 bits per heavy atom. The predicted molar refractivity (Wildman–Crippen MR) is 161 cm³/mol. The highest BCUT2D eigenvalue weighted by Crippen LogP contribution is 2.31. The van der Waals surface area contributed by atoms with Gasteiger partial charge in [-0.1, -0.05) is 36.4 Å². The summed E-state index contributed by atoms with van der Waals surface area (Å²) >= 11 is 0. The molecule has 1 aliphatic heterocycles. The summed E-state index contributed by atoms with van der Waals surface area (Å²) in [5.41, 5.74) is 6.33. The number of nitrogens with one attached hydrogen (secondary N) is 1. The third kappa shape index (κ3) is 5.70. The normalized spacial score (nSPS) is 13.6. The molecular formula is C32H30N6O4. The topological polar surface area (TPSA) is 111 Å². The lowest BCUT2D eigenvalue weighted by Gasteiger charge is -2.28. The highest BCUT2D eigenvalue weighted by molar-refractivity contribution is 5.95. The molecule has 0 atom stereocenters. The van der Waals surface area contributed by atoms with Gasteiger partial charge < -0.3 is 19.7 Å². The predicted octanol–water partition coefficient (Wildman–Crippen LogP) is 4.24. The zero-order valence-electron chi connectivity index (χ0n) is 23.2. The van der Waals surface area contributed by atoms with Crippen LogP contribution in [0.4, 0.5) is 5.69 Å². The van der Waals surface area contributed by atoms with Crippen molar-refractivity contribution in [1.82, 2.24) is 24.9 Å². The number of hydrogen-bond acceptors (Lipinski definition) is 8. The lowest BCUT2D eigenvalue weighted by atomic mass is 10.1. The molecule has 0 aliphatic carbocycles. The Hall–Kier alpha value is -5.09. The van der Waals surface area contributed by atoms with Gasteiger partial charge >= 0.3 is 5.97 Å². The number of para-hydroxylation sites is 1. The second-order valence-electron chi connectivity index (χ2n) is 9.82. The van der Waals surface area contributed by atoms with Crippen LogP contribution >= 0.6 is 0 Å². The van der Waals surface area contributed by atoms with Crippen LogP contribution in [0.5, 0.6) is 0 Å². The van der Waals surface area contributed by atoms with E-state index >= 15 is 0 Å². The molecule has 6 rings (SSSR count). The van der Waals surface area contributed by atoms with E-state index in [-0.39, 0.29) is 24.8 Å². The summed E-state index contributed by atoms with van der Waals surface area (Å²) in [6.07, 6.45) is 5.80. The minimum absolute atomic E-state index is 0.112. The summed E-state index contributed by atoms with van der Waals surface area (Å²) < 4.78 is 12.0. The summed E-state index contributed by atoms with van der Waals surface area (Å²) in [6.45, 7) is 3.06. The minimum atomic E-state index is -0.373. The molecule has 0 radical (unpaired) electrons. The van der Waals surface area contributed by atoms with Crippen molar-refractivity contribution < 1.29 is 19.1 Å². The first-order valence-electron chi connectivity index (χ1n) is 13.8. The molecule has 1 amide bonds. The van der Waals surface area contributed by atoms with Crippen LogP contribution in [0.1, 0.15) is 28.2 Å². The monoisotopic (exact) mass is 562 g/mol. The van der Waals surface area contributed by atoms with Crippen molar-refractivity contribution in [3.05, 3.63) is 89.9 Å². The number of benzene rings is 2. The molecule has 1 aliphatic rings. The number of esters is 1. The number of morpholine rings is 1. The van der Waals surface area contributed by atoms with Crippen LogP contribution in [-0.2, 0) is 14.3 Å². The van der Waals surface area contributed by atoms with Crippen molar-refractivity contribution in [2.45, 2.75) is 6.42 Å². The van der Waals surface area contributed by atoms with Gasteiger partial charge in [0, 0.05) is 36.1 Å². The molecule has 4 heterocycles. The van der Waals surface area contributed by atoms with Gasteiger partial charge in [0.05, 0.1) is 55.5 Å². The van der Waals surface area contributed by atoms with Gasteiger partial charge in [-0.3, -0.25) is 9.59 Å². The van der Waals surface area contributed by atoms with Gasteiger partial charge in [-0.2, -0.15) is 5.10 Å². The number of aromatic nitrogens is 4. The molecule has 10 heteroatoms. The standard InChI is InChI=1S/C32H30N6O4/c1-41-29(39)15-16-33-32(40)24-8-6-23(7-9-24)30-27(13-12-25-11-10-22-4-2-3-5-26(22)35-25)36-31-28(14-17-34-38(30)31)37-18-20-42-21-19-37/h2-14,17H,15-16,18-21H2,1H3,(H,33,40)/b13-12+. The number of fused-ring (bicyclic) bond motifs is 2. The molecular weight excluding hydrogens is 532 g/mol. The summed E-state index contributed by atoms with van der Waals surface area (Å²) in [6, 6.07) is 21.3. The summed E-state index contributed by atoms with van der Waals surface area (Å²) in [4.78, 5) is 36.1. The SMILES string of the molecule is COC(=O)CCNC(=O)c1ccc(-c2c(/C=C/c3ccc4ccccc4n3)nc3c(N4CCOCC4)ccnn23)cc1. The summed E-state index contributed by atoms with van der Waals surface area (Å²) in [7, 11) is 1.32. The van der Waals surface area contributed by atoms with E-state index in [1.807, 2.05) is 65.2 Å². The lowest BCUT2D eigenvalue weighted by Crippen LogP contribution is -2.36. The Labute approximate surface area is 242 Å². The van der Waals surface area contributed by atoms with E-state index in [0.717, 1.165) is 58.0 Å². The summed E-state index contributed by atoms with van der Waals surface area (Å²) in [5, 5.41) is 8.51. The number of carbonyl (C=O) groups is 2. The first-order valence-corrected chi connectivity index (χ1v) is 13.8. The quantitative estimate of drug-likeness (QED) is 0.280. The Balaban J connectivity index is 1.36. The van der Waals surface area contributed by atoms with Crippen molar-refractivity contribution in [2.75, 3.05) is 44.9 Å². The van der Waals surface area contributed by atoms with Gasteiger partial charge in [0.1, 0.15) is 5.69 Å². The molecule has 0 bridgehead atoms. The summed E-state index contributed by atoms with van der Waals surface area (Å²) in [5.74, 6) is -0.638. The molecule has 1 fully saturated rings. The van der Waals surface area contributed by atoms with Gasteiger partial charge in [0.2, 0.25) is 0 Å². The van der Waals surface area contributed by atoms with Gasteiger partial charge in [-0.05, 0) is 42.5 Å². The molecule has 0 unspecified atom stereocenters. The molecule has 1 saturated heterocycles. The van der Waals surface area contributed by atoms with E-state index in [4.69, 9.17) is 14.7 Å². The van der Waals surface area contributed by atoms with Crippen LogP contribution in [0.15, 0.2) is 72.9 Å². The van der Waals surface area contributed by atoms with E-state index in [1.165, 1.54) is 7.11 Å². The first-order chi connectivity index (χ1) is 20.6. The second kappa shape index (κ2) is 12.2. The fourth-order valence-corrected chi connectivity index (χ4v) is 4.99. The maximum Gasteiger partial charge on any atom is 0.307 e. The number of amides is 1. The fourth-order valence-electron chi connectivity index (χ4n) is 4.99. The highest BCUT2D eigenvalue weighted by atomic mass is 16.5. The fraction of sp³-hybridized carbons (Fsp3) is 0.219. The van der Waals surface area contributed by atoms with Crippen LogP contribution in [0.25, 0.3) is 40.0 Å². The molecule has 0 saturated carbocycles. The Kier molecular flexibility index (Phi) is 7.87. The number of imidazole rings is 1. The smallest absolute Gasteiger partial charge is 0.307 e. The molecule has 1 N–H and O–H groups in total. The van der Waals surface area contributed by atoms with E-state index in [9.17, 15) is 9.59 Å². The Bertz CT molecular complexity index is 1770. The number of ether oxygens (including phenoxy) is 2. The second-order valence-corrected chi connectivity index (χ2v) is 9.82. The van der Waals surface area contributed by atoms with Gasteiger partial charge in [0.15, 0.2) is 5.65 Å². The zero-order valence-corrected chi connectivity index (χ0v) is 23.2. The number of pyridine rings is 1. The van der Waals surface area contributed by atoms with E-state index in [2.05, 4.69) is 26.1 Å². The molecule has 212 valence electrons.